The summed E-state index contributed by atoms with van der Waals surface area (Å²) in [7, 11) is 0. The number of amides is 4. The van der Waals surface area contributed by atoms with Crippen molar-refractivity contribution in [2.45, 2.75) is 37.8 Å². The summed E-state index contributed by atoms with van der Waals surface area (Å²) >= 11 is 0. The number of tetrazole rings is 1. The number of carbonyl (C=O) groups excluding carboxylic acids is 2. The Morgan fingerprint density at radius 2 is 1.67 bits per heavy atom. The van der Waals surface area contributed by atoms with Gasteiger partial charge < -0.3 is 10.6 Å². The first-order chi connectivity index (χ1) is 11.7. The largest absolute Gasteiger partial charge is 0.335 e. The topological polar surface area (TPSA) is 185 Å². The Morgan fingerprint density at radius 3 is 2.21 bits per heavy atom. The van der Waals surface area contributed by atoms with Crippen LogP contribution in [0.2, 0.25) is 0 Å². The highest BCUT2D eigenvalue weighted by Crippen LogP contribution is 2.18. The molecule has 1 fully saturated rings. The molecular weight excluding hydrogens is 320 g/mol. The lowest BCUT2D eigenvalue weighted by Crippen LogP contribution is -2.51. The number of nitrogens with zero attached hydrogens (tertiary/aromatic N) is 4. The van der Waals surface area contributed by atoms with Crippen LogP contribution < -0.4 is 37.8 Å². The van der Waals surface area contributed by atoms with Crippen LogP contribution in [0.15, 0.2) is 5.10 Å². The second-order valence-electron chi connectivity index (χ2n) is 5.32. The molecular formula is C10H18N12O2. The molecule has 1 saturated carbocycles. The molecule has 3 rings (SSSR count). The number of rotatable bonds is 3. The smallest absolute Gasteiger partial charge is 0.321 e. The van der Waals surface area contributed by atoms with Gasteiger partial charge in [-0.25, -0.2) is 20.2 Å². The zero-order valence-corrected chi connectivity index (χ0v) is 12.6. The number of aromatic amines is 1. The molecule has 0 radical (unpaired) electrons. The number of nitrogens with one attached hydrogen (secondary N) is 8. The van der Waals surface area contributed by atoms with Crippen LogP contribution in [-0.2, 0) is 0 Å². The monoisotopic (exact) mass is 338 g/mol. The molecule has 0 unspecified atom stereocenters. The van der Waals surface area contributed by atoms with Crippen molar-refractivity contribution in [3.05, 3.63) is 0 Å². The summed E-state index contributed by atoms with van der Waals surface area (Å²) in [6.07, 6.45) is 3.04. The third-order valence-electron chi connectivity index (χ3n) is 3.61. The van der Waals surface area contributed by atoms with Gasteiger partial charge in [-0.1, -0.05) is 5.10 Å². The van der Waals surface area contributed by atoms with E-state index in [1.165, 1.54) is 0 Å². The second-order valence-corrected chi connectivity index (χ2v) is 5.32. The van der Waals surface area contributed by atoms with Crippen LogP contribution >= 0.6 is 0 Å². The van der Waals surface area contributed by atoms with Gasteiger partial charge in [-0.15, -0.1) is 10.6 Å². The maximum absolute atomic E-state index is 11.8. The van der Waals surface area contributed by atoms with Crippen LogP contribution in [-0.4, -0.2) is 50.7 Å². The first kappa shape index (κ1) is 15.7. The quantitative estimate of drug-likeness (QED) is 0.305. The van der Waals surface area contributed by atoms with Crippen molar-refractivity contribution >= 4 is 24.0 Å². The van der Waals surface area contributed by atoms with Crippen molar-refractivity contribution in [2.24, 2.45) is 5.10 Å². The van der Waals surface area contributed by atoms with E-state index >= 15 is 0 Å². The van der Waals surface area contributed by atoms with E-state index in [-0.39, 0.29) is 30.1 Å². The normalized spacial score (nSPS) is 22.6. The van der Waals surface area contributed by atoms with Gasteiger partial charge >= 0.3 is 12.1 Å². The van der Waals surface area contributed by atoms with Gasteiger partial charge in [-0.2, -0.15) is 0 Å². The highest BCUT2D eigenvalue weighted by Gasteiger charge is 2.24. The molecule has 0 atom stereocenters. The zero-order valence-electron chi connectivity index (χ0n) is 12.6. The predicted molar refractivity (Wildman–Crippen MR) is 80.9 cm³/mol. The highest BCUT2D eigenvalue weighted by atomic mass is 16.2. The summed E-state index contributed by atoms with van der Waals surface area (Å²) in [4.78, 5) is 23.6. The number of hydrazone groups is 1. The van der Waals surface area contributed by atoms with E-state index in [9.17, 15) is 9.59 Å². The summed E-state index contributed by atoms with van der Waals surface area (Å²) < 4.78 is 0. The van der Waals surface area contributed by atoms with Crippen molar-refractivity contribution in [3.63, 3.8) is 0 Å². The van der Waals surface area contributed by atoms with Crippen LogP contribution in [0.5, 0.6) is 0 Å². The van der Waals surface area contributed by atoms with Crippen molar-refractivity contribution in [2.75, 3.05) is 5.32 Å². The number of aromatic nitrogens is 4. The van der Waals surface area contributed by atoms with Crippen LogP contribution in [0.4, 0.5) is 15.5 Å². The Kier molecular flexibility index (Phi) is 4.85. The van der Waals surface area contributed by atoms with Crippen LogP contribution in [0.25, 0.3) is 0 Å². The average Bonchev–Trinajstić information content (AvgIpc) is 3.23. The lowest BCUT2D eigenvalue weighted by molar-refractivity contribution is 0.228. The molecule has 130 valence electrons. The summed E-state index contributed by atoms with van der Waals surface area (Å²) in [5.41, 5.74) is 7.58. The molecule has 0 aromatic carbocycles. The van der Waals surface area contributed by atoms with Crippen molar-refractivity contribution in [1.29, 1.82) is 0 Å². The third kappa shape index (κ3) is 4.42. The lowest BCUT2D eigenvalue weighted by atomic mass is 9.91. The molecule has 1 aromatic heterocycles. The third-order valence-corrected chi connectivity index (χ3v) is 3.61. The molecule has 1 aliphatic carbocycles. The van der Waals surface area contributed by atoms with Gasteiger partial charge in [0.15, 0.2) is 0 Å². The van der Waals surface area contributed by atoms with Gasteiger partial charge in [-0.05, 0) is 36.1 Å². The second kappa shape index (κ2) is 7.40. The minimum Gasteiger partial charge on any atom is -0.335 e. The first-order valence-electron chi connectivity index (χ1n) is 7.41. The standard InChI is InChI=1S/C10H18N12O2/c23-9(13-7-15-19-20-16-7)11-5-1-2-6(4-3-5)12-10(24)14-8-17-21-22-18-8/h5-6,19-20H,1-4H2,(H3,11,13,15,16,23)(H3,12,14,17,18,21,22,24). The van der Waals surface area contributed by atoms with Crippen molar-refractivity contribution in [1.82, 2.24) is 53.1 Å². The minimum atomic E-state index is -0.368. The number of hydrogen-bond donors (Lipinski definition) is 8. The molecule has 2 aliphatic rings. The summed E-state index contributed by atoms with van der Waals surface area (Å²) in [6, 6.07) is -0.615. The van der Waals surface area contributed by atoms with Crippen molar-refractivity contribution < 1.29 is 9.59 Å². The van der Waals surface area contributed by atoms with E-state index < -0.39 is 0 Å². The van der Waals surface area contributed by atoms with E-state index in [0.29, 0.717) is 5.96 Å². The molecule has 1 aromatic rings. The summed E-state index contributed by atoms with van der Waals surface area (Å²) in [6.45, 7) is 0. The summed E-state index contributed by atoms with van der Waals surface area (Å²) in [5, 5.41) is 27.3. The molecule has 0 saturated heterocycles. The van der Waals surface area contributed by atoms with Gasteiger partial charge in [0.1, 0.15) is 0 Å². The Balaban J connectivity index is 1.34. The summed E-state index contributed by atoms with van der Waals surface area (Å²) in [5.74, 6) is 0.480. The van der Waals surface area contributed by atoms with Gasteiger partial charge in [0.25, 0.3) is 0 Å². The minimum absolute atomic E-state index is 0.0382. The molecule has 2 heterocycles. The number of hydrazine groups is 2. The highest BCUT2D eigenvalue weighted by molar-refractivity contribution is 5.96. The van der Waals surface area contributed by atoms with E-state index in [4.69, 9.17) is 0 Å². The molecule has 8 N–H and O–H groups in total. The number of guanidine groups is 1. The molecule has 4 amide bonds. The molecule has 24 heavy (non-hydrogen) atoms. The Bertz CT molecular complexity index is 593. The van der Waals surface area contributed by atoms with Gasteiger partial charge in [0.05, 0.1) is 0 Å². The fourth-order valence-electron chi connectivity index (χ4n) is 2.51. The zero-order chi connectivity index (χ0) is 16.8. The Labute approximate surface area is 135 Å². The van der Waals surface area contributed by atoms with Crippen LogP contribution in [0.3, 0.4) is 0 Å². The maximum atomic E-state index is 11.8. The van der Waals surface area contributed by atoms with E-state index in [1.807, 2.05) is 0 Å². The van der Waals surface area contributed by atoms with Gasteiger partial charge in [-0.3, -0.25) is 16.1 Å². The van der Waals surface area contributed by atoms with Gasteiger partial charge in [0, 0.05) is 12.1 Å². The first-order valence-corrected chi connectivity index (χ1v) is 7.41. The molecule has 0 spiro atoms. The van der Waals surface area contributed by atoms with Crippen LogP contribution in [0, 0.1) is 0 Å². The fraction of sp³-hybridized carbons (Fsp3) is 0.600. The van der Waals surface area contributed by atoms with E-state index in [2.05, 4.69) is 63.5 Å². The number of anilines is 1. The predicted octanol–water partition coefficient (Wildman–Crippen LogP) is -2.18. The molecule has 14 heteroatoms. The lowest BCUT2D eigenvalue weighted by Gasteiger charge is -2.29. The van der Waals surface area contributed by atoms with Gasteiger partial charge in [0.2, 0.25) is 11.9 Å². The molecule has 1 aliphatic heterocycles. The van der Waals surface area contributed by atoms with Crippen molar-refractivity contribution in [3.8, 4) is 0 Å². The number of carbonyl (C=O) groups is 2. The number of hydrogen-bond acceptors (Lipinski definition) is 9. The van der Waals surface area contributed by atoms with E-state index in [0.717, 1.165) is 25.7 Å². The number of H-pyrrole nitrogens is 1. The average molecular weight is 338 g/mol. The Morgan fingerprint density at radius 1 is 1.00 bits per heavy atom. The maximum Gasteiger partial charge on any atom is 0.321 e. The number of urea groups is 2. The van der Waals surface area contributed by atoms with E-state index in [1.54, 1.807) is 0 Å². The SMILES string of the molecule is O=C(NC1=NNNN1)NC1CCC(NC(=O)Nc2nnn[nH]2)CC1. The molecule has 0 bridgehead atoms. The van der Waals surface area contributed by atoms with Crippen LogP contribution in [0.1, 0.15) is 25.7 Å². The Hall–Kier alpha value is -3.16. The molecule has 14 nitrogen and oxygen atoms in total. The fourth-order valence-corrected chi connectivity index (χ4v) is 2.51.